The minimum atomic E-state index is -0.401. The Bertz CT molecular complexity index is 453. The number of allylic oxidation sites excluding steroid dienone is 9. The van der Waals surface area contributed by atoms with Gasteiger partial charge in [-0.2, -0.15) is 0 Å². The Labute approximate surface area is 154 Å². The first-order chi connectivity index (χ1) is 12.2. The van der Waals surface area contributed by atoms with Crippen LogP contribution in [-0.4, -0.2) is 22.4 Å². The average Bonchev–Trinajstić information content (AvgIpc) is 2.61. The largest absolute Gasteiger partial charge is 0.389 e. The second-order valence-corrected chi connectivity index (χ2v) is 5.96. The second-order valence-electron chi connectivity index (χ2n) is 5.96. The third-order valence-electron chi connectivity index (χ3n) is 3.51. The Morgan fingerprint density at radius 1 is 0.680 bits per heavy atom. The zero-order valence-electron chi connectivity index (χ0n) is 15.9. The van der Waals surface area contributed by atoms with E-state index in [2.05, 4.69) is 44.2 Å². The van der Waals surface area contributed by atoms with Crippen molar-refractivity contribution in [1.82, 2.24) is 0 Å². The Hall–Kier alpha value is -1.64. The van der Waals surface area contributed by atoms with Gasteiger partial charge in [-0.1, -0.05) is 99.6 Å². The molecule has 0 saturated carbocycles. The number of hydrogen-bond acceptors (Lipinski definition) is 2. The van der Waals surface area contributed by atoms with Crippen molar-refractivity contribution < 1.29 is 10.2 Å². The Balaban J connectivity index is 3.76. The van der Waals surface area contributed by atoms with Crippen LogP contribution in [0.1, 0.15) is 58.8 Å². The first kappa shape index (κ1) is 23.4. The molecular formula is C23H36O2. The van der Waals surface area contributed by atoms with Crippen LogP contribution in [0.15, 0.2) is 72.9 Å². The van der Waals surface area contributed by atoms with Crippen molar-refractivity contribution in [2.24, 2.45) is 0 Å². The highest BCUT2D eigenvalue weighted by Gasteiger charge is 1.95. The summed E-state index contributed by atoms with van der Waals surface area (Å²) < 4.78 is 0. The SMILES string of the molecule is CC/C=C\C[C@@H](O)/C=C/C=C\C/C=C\C/C=C\C=C\[C@@H](O)CCCC. The van der Waals surface area contributed by atoms with Crippen LogP contribution in [0.2, 0.25) is 0 Å². The number of unbranched alkanes of at least 4 members (excludes halogenated alkanes) is 1. The smallest absolute Gasteiger partial charge is 0.0758 e. The highest BCUT2D eigenvalue weighted by molar-refractivity contribution is 5.09. The van der Waals surface area contributed by atoms with Crippen molar-refractivity contribution in [2.45, 2.75) is 71.0 Å². The molecule has 25 heavy (non-hydrogen) atoms. The van der Waals surface area contributed by atoms with Gasteiger partial charge in [-0.15, -0.1) is 0 Å². The van der Waals surface area contributed by atoms with E-state index >= 15 is 0 Å². The van der Waals surface area contributed by atoms with Gasteiger partial charge >= 0.3 is 0 Å². The molecule has 0 saturated heterocycles. The molecule has 2 heteroatoms. The summed E-state index contributed by atoms with van der Waals surface area (Å²) in [6.07, 6.45) is 29.6. The van der Waals surface area contributed by atoms with Crippen LogP contribution in [0.3, 0.4) is 0 Å². The maximum atomic E-state index is 9.68. The van der Waals surface area contributed by atoms with Gasteiger partial charge in [-0.05, 0) is 32.1 Å². The summed E-state index contributed by atoms with van der Waals surface area (Å²) >= 11 is 0. The van der Waals surface area contributed by atoms with Gasteiger partial charge in [0.25, 0.3) is 0 Å². The predicted octanol–water partition coefficient (Wildman–Crippen LogP) is 5.82. The van der Waals surface area contributed by atoms with Crippen LogP contribution in [0.4, 0.5) is 0 Å². The monoisotopic (exact) mass is 344 g/mol. The molecule has 2 nitrogen and oxygen atoms in total. The van der Waals surface area contributed by atoms with E-state index in [-0.39, 0.29) is 6.10 Å². The standard InChI is InChI=1S/C23H36O2/c1-3-5-15-19-23(25)21-17-14-12-10-8-7-9-11-13-16-20-22(24)18-6-4-2/h5,7-8,11-17,20-25H,3-4,6,9-10,18-19H2,1-2H3/b8-7-,13-11-,14-12-,15-5-,20-16+,21-17+/t22-,23+/m0/s1. The summed E-state index contributed by atoms with van der Waals surface area (Å²) in [5.41, 5.74) is 0. The van der Waals surface area contributed by atoms with E-state index in [0.29, 0.717) is 6.42 Å². The van der Waals surface area contributed by atoms with E-state index in [1.54, 1.807) is 0 Å². The van der Waals surface area contributed by atoms with E-state index in [0.717, 1.165) is 38.5 Å². The molecule has 140 valence electrons. The number of hydrogen-bond donors (Lipinski definition) is 2. The van der Waals surface area contributed by atoms with E-state index < -0.39 is 6.10 Å². The van der Waals surface area contributed by atoms with Crippen LogP contribution < -0.4 is 0 Å². The van der Waals surface area contributed by atoms with Crippen molar-refractivity contribution in [3.05, 3.63) is 72.9 Å². The topological polar surface area (TPSA) is 40.5 Å². The fourth-order valence-corrected chi connectivity index (χ4v) is 2.04. The van der Waals surface area contributed by atoms with Crippen LogP contribution in [-0.2, 0) is 0 Å². The average molecular weight is 345 g/mol. The molecule has 0 aromatic heterocycles. The van der Waals surface area contributed by atoms with Crippen LogP contribution in [0, 0.1) is 0 Å². The van der Waals surface area contributed by atoms with Crippen LogP contribution in [0.5, 0.6) is 0 Å². The summed E-state index contributed by atoms with van der Waals surface area (Å²) in [5, 5.41) is 19.3. The van der Waals surface area contributed by atoms with Gasteiger partial charge in [-0.3, -0.25) is 0 Å². The normalized spacial score (nSPS) is 15.8. The first-order valence-electron chi connectivity index (χ1n) is 9.53. The van der Waals surface area contributed by atoms with E-state index in [9.17, 15) is 10.2 Å². The molecule has 2 atom stereocenters. The highest BCUT2D eigenvalue weighted by atomic mass is 16.3. The predicted molar refractivity (Wildman–Crippen MR) is 111 cm³/mol. The van der Waals surface area contributed by atoms with E-state index in [1.165, 1.54) is 0 Å². The van der Waals surface area contributed by atoms with Crippen LogP contribution >= 0.6 is 0 Å². The highest BCUT2D eigenvalue weighted by Crippen LogP contribution is 2.01. The summed E-state index contributed by atoms with van der Waals surface area (Å²) in [6, 6.07) is 0. The zero-order chi connectivity index (χ0) is 18.6. The van der Waals surface area contributed by atoms with Gasteiger partial charge in [0.15, 0.2) is 0 Å². The molecular weight excluding hydrogens is 308 g/mol. The summed E-state index contributed by atoms with van der Waals surface area (Å²) in [6.45, 7) is 4.21. The zero-order valence-corrected chi connectivity index (χ0v) is 15.9. The molecule has 0 bridgehead atoms. The third-order valence-corrected chi connectivity index (χ3v) is 3.51. The van der Waals surface area contributed by atoms with Crippen molar-refractivity contribution in [2.75, 3.05) is 0 Å². The van der Waals surface area contributed by atoms with Gasteiger partial charge in [0.05, 0.1) is 12.2 Å². The van der Waals surface area contributed by atoms with Gasteiger partial charge in [-0.25, -0.2) is 0 Å². The Kier molecular flexibility index (Phi) is 17.5. The van der Waals surface area contributed by atoms with Gasteiger partial charge in [0.2, 0.25) is 0 Å². The summed E-state index contributed by atoms with van der Waals surface area (Å²) in [7, 11) is 0. The van der Waals surface area contributed by atoms with Crippen LogP contribution in [0.25, 0.3) is 0 Å². The lowest BCUT2D eigenvalue weighted by molar-refractivity contribution is 0.209. The summed E-state index contributed by atoms with van der Waals surface area (Å²) in [5.74, 6) is 0. The fraction of sp³-hybridized carbons (Fsp3) is 0.478. The van der Waals surface area contributed by atoms with Crippen molar-refractivity contribution in [3.8, 4) is 0 Å². The van der Waals surface area contributed by atoms with Gasteiger partial charge < -0.3 is 10.2 Å². The lowest BCUT2D eigenvalue weighted by atomic mass is 10.1. The molecule has 0 rings (SSSR count). The molecule has 0 fully saturated rings. The van der Waals surface area contributed by atoms with Gasteiger partial charge in [0.1, 0.15) is 0 Å². The molecule has 0 spiro atoms. The molecule has 0 radical (unpaired) electrons. The molecule has 0 unspecified atom stereocenters. The maximum absolute atomic E-state index is 9.68. The molecule has 0 aliphatic carbocycles. The molecule has 0 aliphatic rings. The van der Waals surface area contributed by atoms with E-state index in [1.807, 2.05) is 42.5 Å². The number of rotatable bonds is 14. The molecule has 0 heterocycles. The number of aliphatic hydroxyl groups is 2. The first-order valence-corrected chi connectivity index (χ1v) is 9.53. The maximum Gasteiger partial charge on any atom is 0.0758 e. The quantitative estimate of drug-likeness (QED) is 0.308. The summed E-state index contributed by atoms with van der Waals surface area (Å²) in [4.78, 5) is 0. The third kappa shape index (κ3) is 18.5. The van der Waals surface area contributed by atoms with Crippen molar-refractivity contribution >= 4 is 0 Å². The molecule has 0 aromatic rings. The lowest BCUT2D eigenvalue weighted by Crippen LogP contribution is -2.00. The van der Waals surface area contributed by atoms with Gasteiger partial charge in [0, 0.05) is 0 Å². The molecule has 0 aromatic carbocycles. The van der Waals surface area contributed by atoms with E-state index in [4.69, 9.17) is 0 Å². The minimum Gasteiger partial charge on any atom is -0.389 e. The van der Waals surface area contributed by atoms with Crippen molar-refractivity contribution in [3.63, 3.8) is 0 Å². The lowest BCUT2D eigenvalue weighted by Gasteiger charge is -2.01. The number of aliphatic hydroxyl groups excluding tert-OH is 2. The molecule has 0 amide bonds. The van der Waals surface area contributed by atoms with Crippen molar-refractivity contribution in [1.29, 1.82) is 0 Å². The Morgan fingerprint density at radius 3 is 1.84 bits per heavy atom. The minimum absolute atomic E-state index is 0.320. The molecule has 2 N–H and O–H groups in total. The second kappa shape index (κ2) is 18.7. The molecule has 0 aliphatic heterocycles. The fourth-order valence-electron chi connectivity index (χ4n) is 2.04. The Morgan fingerprint density at radius 2 is 1.28 bits per heavy atom.